The first-order valence-electron chi connectivity index (χ1n) is 13.7. The van der Waals surface area contributed by atoms with Gasteiger partial charge in [-0.3, -0.25) is 9.59 Å². The van der Waals surface area contributed by atoms with Gasteiger partial charge in [-0.1, -0.05) is 53.7 Å². The van der Waals surface area contributed by atoms with Crippen molar-refractivity contribution in [3.8, 4) is 5.75 Å². The minimum atomic E-state index is -0.849. The Bertz CT molecular complexity index is 1450. The zero-order valence-corrected chi connectivity index (χ0v) is 23.0. The number of aromatic nitrogens is 3. The zero-order valence-electron chi connectivity index (χ0n) is 23.0. The van der Waals surface area contributed by atoms with Crippen molar-refractivity contribution in [2.75, 3.05) is 26.8 Å². The van der Waals surface area contributed by atoms with Crippen LogP contribution in [0.4, 0.5) is 0 Å². The van der Waals surface area contributed by atoms with Gasteiger partial charge in [0.05, 0.1) is 18.7 Å². The molecule has 4 aromatic rings. The number of carbonyl (C=O) groups excluding carboxylic acids is 2. The molecule has 0 radical (unpaired) electrons. The Morgan fingerprint density at radius 3 is 2.62 bits per heavy atom. The minimum absolute atomic E-state index is 0.0156. The second-order valence-electron chi connectivity index (χ2n) is 10.1. The molecule has 0 saturated carbocycles. The molecule has 9 heteroatoms. The second-order valence-corrected chi connectivity index (χ2v) is 10.1. The van der Waals surface area contributed by atoms with E-state index >= 15 is 0 Å². The van der Waals surface area contributed by atoms with E-state index in [1.807, 2.05) is 60.7 Å². The molecule has 208 valence electrons. The van der Waals surface area contributed by atoms with Gasteiger partial charge in [0.2, 0.25) is 11.8 Å². The Kier molecular flexibility index (Phi) is 8.71. The number of benzene rings is 3. The van der Waals surface area contributed by atoms with Crippen molar-refractivity contribution in [2.24, 2.45) is 0 Å². The number of nitrogens with zero attached hydrogens (tertiary/aromatic N) is 4. The quantitative estimate of drug-likeness (QED) is 0.310. The summed E-state index contributed by atoms with van der Waals surface area (Å²) in [5.74, 6) is 0.203. The third-order valence-electron chi connectivity index (χ3n) is 7.43. The van der Waals surface area contributed by atoms with E-state index < -0.39 is 6.04 Å². The van der Waals surface area contributed by atoms with Crippen LogP contribution in [0.2, 0.25) is 0 Å². The number of carbonyl (C=O) groups is 2. The third kappa shape index (κ3) is 6.31. The van der Waals surface area contributed by atoms with Crippen molar-refractivity contribution in [2.45, 2.75) is 44.9 Å². The molecule has 1 fully saturated rings. The fourth-order valence-corrected chi connectivity index (χ4v) is 5.16. The van der Waals surface area contributed by atoms with E-state index in [0.29, 0.717) is 42.9 Å². The van der Waals surface area contributed by atoms with E-state index in [-0.39, 0.29) is 24.5 Å². The van der Waals surface area contributed by atoms with E-state index in [1.54, 1.807) is 16.7 Å². The van der Waals surface area contributed by atoms with Crippen LogP contribution in [-0.2, 0) is 27.3 Å². The van der Waals surface area contributed by atoms with Crippen molar-refractivity contribution in [1.29, 1.82) is 0 Å². The molecular formula is C31H35N5O4. The highest BCUT2D eigenvalue weighted by molar-refractivity contribution is 5.89. The molecule has 1 aliphatic heterocycles. The maximum absolute atomic E-state index is 14.1. The average molecular weight is 542 g/mol. The first-order chi connectivity index (χ1) is 19.5. The van der Waals surface area contributed by atoms with Gasteiger partial charge in [-0.25, -0.2) is 4.68 Å². The van der Waals surface area contributed by atoms with Crippen molar-refractivity contribution >= 4 is 22.8 Å². The van der Waals surface area contributed by atoms with E-state index in [0.717, 1.165) is 29.5 Å². The first-order valence-corrected chi connectivity index (χ1v) is 13.7. The van der Waals surface area contributed by atoms with Gasteiger partial charge in [0.15, 0.2) is 0 Å². The molecule has 5 rings (SSSR count). The number of rotatable bonds is 11. The van der Waals surface area contributed by atoms with Crippen molar-refractivity contribution in [3.05, 3.63) is 89.5 Å². The van der Waals surface area contributed by atoms with Gasteiger partial charge in [-0.05, 0) is 67.1 Å². The lowest BCUT2D eigenvalue weighted by atomic mass is 10.0. The summed E-state index contributed by atoms with van der Waals surface area (Å²) in [5.41, 5.74) is 4.44. The van der Waals surface area contributed by atoms with Crippen molar-refractivity contribution < 1.29 is 19.1 Å². The van der Waals surface area contributed by atoms with Crippen LogP contribution < -0.4 is 10.1 Å². The molecule has 0 aliphatic carbocycles. The predicted octanol–water partition coefficient (Wildman–Crippen LogP) is 3.86. The molecule has 0 unspecified atom stereocenters. The predicted molar refractivity (Wildman–Crippen MR) is 152 cm³/mol. The zero-order chi connectivity index (χ0) is 27.9. The average Bonchev–Trinajstić information content (AvgIpc) is 3.65. The Hall–Kier alpha value is -4.24. The van der Waals surface area contributed by atoms with Crippen molar-refractivity contribution in [1.82, 2.24) is 25.2 Å². The van der Waals surface area contributed by atoms with Crippen LogP contribution in [-0.4, -0.2) is 64.6 Å². The number of nitrogens with one attached hydrogen (secondary N) is 1. The Morgan fingerprint density at radius 1 is 1.10 bits per heavy atom. The molecule has 1 aromatic heterocycles. The molecule has 3 aromatic carbocycles. The largest absolute Gasteiger partial charge is 0.497 e. The number of para-hydroxylation sites is 1. The summed E-state index contributed by atoms with van der Waals surface area (Å²) in [5, 5.41) is 11.5. The minimum Gasteiger partial charge on any atom is -0.497 e. The number of fused-ring (bicyclic) bond motifs is 1. The van der Waals surface area contributed by atoms with Crippen LogP contribution >= 0.6 is 0 Å². The number of ether oxygens (including phenoxy) is 2. The van der Waals surface area contributed by atoms with Gasteiger partial charge >= 0.3 is 0 Å². The summed E-state index contributed by atoms with van der Waals surface area (Å²) in [4.78, 5) is 29.6. The molecule has 2 heterocycles. The van der Waals surface area contributed by atoms with Crippen LogP contribution in [0.5, 0.6) is 5.75 Å². The van der Waals surface area contributed by atoms with Gasteiger partial charge in [0.25, 0.3) is 0 Å². The number of aryl methyl sites for hydroxylation is 1. The molecule has 1 aliphatic rings. The lowest BCUT2D eigenvalue weighted by Gasteiger charge is -2.32. The van der Waals surface area contributed by atoms with Gasteiger partial charge in [0.1, 0.15) is 23.9 Å². The number of hydrogen-bond donors (Lipinski definition) is 1. The number of amides is 2. The maximum atomic E-state index is 14.1. The topological polar surface area (TPSA) is 98.6 Å². The Morgan fingerprint density at radius 2 is 1.88 bits per heavy atom. The molecular weight excluding hydrogens is 506 g/mol. The lowest BCUT2D eigenvalue weighted by Crippen LogP contribution is -2.47. The standard InChI is InChI=1S/C31H35N5O4/c1-22-8-3-4-9-23(22)17-18-35(29(37)21-36-28-12-6-5-11-27(28)33-34-36)30(24-13-15-25(39-2)16-14-24)31(38)32-20-26-10-7-19-40-26/h3-6,8-9,11-16,26,30H,7,10,17-21H2,1-2H3,(H,32,38)/t26-,30-/m1/s1. The molecule has 2 amide bonds. The fraction of sp³-hybridized carbons (Fsp3) is 0.355. The molecule has 40 heavy (non-hydrogen) atoms. The SMILES string of the molecule is COc1ccc([C@H](C(=O)NC[C@H]2CCCO2)N(CCc2ccccc2C)C(=O)Cn2nnc3ccccc32)cc1. The molecule has 0 spiro atoms. The Balaban J connectivity index is 1.47. The second kappa shape index (κ2) is 12.7. The number of methoxy groups -OCH3 is 1. The van der Waals surface area contributed by atoms with Gasteiger partial charge in [0, 0.05) is 19.7 Å². The van der Waals surface area contributed by atoms with Crippen LogP contribution in [0.1, 0.15) is 35.6 Å². The third-order valence-corrected chi connectivity index (χ3v) is 7.43. The van der Waals surface area contributed by atoms with E-state index in [2.05, 4.69) is 34.7 Å². The smallest absolute Gasteiger partial charge is 0.247 e. The highest BCUT2D eigenvalue weighted by Gasteiger charge is 2.32. The summed E-state index contributed by atoms with van der Waals surface area (Å²) >= 11 is 0. The molecule has 1 saturated heterocycles. The molecule has 9 nitrogen and oxygen atoms in total. The monoisotopic (exact) mass is 541 g/mol. The summed E-state index contributed by atoms with van der Waals surface area (Å²) in [6, 6.07) is 22.1. The summed E-state index contributed by atoms with van der Waals surface area (Å²) < 4.78 is 12.7. The highest BCUT2D eigenvalue weighted by Crippen LogP contribution is 2.26. The van der Waals surface area contributed by atoms with Crippen LogP contribution in [0.15, 0.2) is 72.8 Å². The van der Waals surface area contributed by atoms with Gasteiger partial charge in [-0.15, -0.1) is 5.10 Å². The maximum Gasteiger partial charge on any atom is 0.247 e. The first kappa shape index (κ1) is 27.3. The molecule has 0 bridgehead atoms. The summed E-state index contributed by atoms with van der Waals surface area (Å²) in [6.45, 7) is 3.47. The van der Waals surface area contributed by atoms with Crippen LogP contribution in [0, 0.1) is 6.92 Å². The van der Waals surface area contributed by atoms with Crippen LogP contribution in [0.3, 0.4) is 0 Å². The summed E-state index contributed by atoms with van der Waals surface area (Å²) in [7, 11) is 1.60. The van der Waals surface area contributed by atoms with Gasteiger partial charge < -0.3 is 19.7 Å². The number of hydrogen-bond acceptors (Lipinski definition) is 6. The lowest BCUT2D eigenvalue weighted by molar-refractivity contribution is -0.141. The van der Waals surface area contributed by atoms with Crippen LogP contribution in [0.25, 0.3) is 11.0 Å². The van der Waals surface area contributed by atoms with E-state index in [4.69, 9.17) is 9.47 Å². The highest BCUT2D eigenvalue weighted by atomic mass is 16.5. The normalized spacial score (nSPS) is 15.6. The van der Waals surface area contributed by atoms with Crippen molar-refractivity contribution in [3.63, 3.8) is 0 Å². The summed E-state index contributed by atoms with van der Waals surface area (Å²) in [6.07, 6.45) is 2.47. The van der Waals surface area contributed by atoms with Gasteiger partial charge in [-0.2, -0.15) is 0 Å². The fourth-order valence-electron chi connectivity index (χ4n) is 5.16. The molecule has 2 atom stereocenters. The molecule has 1 N–H and O–H groups in total. The van der Waals surface area contributed by atoms with E-state index in [9.17, 15) is 9.59 Å². The van der Waals surface area contributed by atoms with E-state index in [1.165, 1.54) is 0 Å². The Labute approximate surface area is 234 Å².